The Bertz CT molecular complexity index is 882. The monoisotopic (exact) mass is 550 g/mol. The van der Waals surface area contributed by atoms with E-state index < -0.39 is 0 Å². The van der Waals surface area contributed by atoms with Crippen LogP contribution in [0.3, 0.4) is 0 Å². The van der Waals surface area contributed by atoms with Gasteiger partial charge >= 0.3 is 0 Å². The minimum absolute atomic E-state index is 0. The Morgan fingerprint density at radius 2 is 0.714 bits per heavy atom. The van der Waals surface area contributed by atoms with Crippen LogP contribution in [-0.2, 0) is 16.8 Å². The number of rotatable bonds is 2. The second-order valence-electron chi connectivity index (χ2n) is 14.4. The molecule has 0 amide bonds. The van der Waals surface area contributed by atoms with Gasteiger partial charge in [-0.05, 0) is 151 Å². The molecule has 10 aliphatic rings. The molecule has 0 saturated heterocycles. The fourth-order valence-electron chi connectivity index (χ4n) is 10.9. The molecule has 2 radical (unpaired) electrons. The van der Waals surface area contributed by atoms with Gasteiger partial charge in [-0.15, -0.1) is 0 Å². The molecule has 0 aromatic heterocycles. The summed E-state index contributed by atoms with van der Waals surface area (Å²) < 4.78 is 0. The normalized spacial score (nSPS) is 47.7. The molecule has 0 aromatic carbocycles. The molecule has 0 spiro atoms. The number of hydrogen-bond acceptors (Lipinski definition) is 0. The van der Waals surface area contributed by atoms with E-state index in [9.17, 15) is 0 Å². The summed E-state index contributed by atoms with van der Waals surface area (Å²) in [5.74, 6) is 8.21. The molecule has 10 rings (SSSR count). The zero-order valence-corrected chi connectivity index (χ0v) is 25.5. The smallest absolute Gasteiger partial charge is 0.0226 e. The quantitative estimate of drug-likeness (QED) is 0.300. The molecule has 1 heterocycles. The van der Waals surface area contributed by atoms with E-state index in [0.29, 0.717) is 0 Å². The molecule has 8 fully saturated rings. The SMILES string of the molecule is C1C2CC3CC1CC(C1=PC(C45CC6CC(CC(C6)C4)C5)=P1)(C2)C3.C[C]1C(C)=C(C)C(C)=C1C.[Co]. The van der Waals surface area contributed by atoms with Crippen molar-refractivity contribution in [2.24, 2.45) is 46.3 Å². The van der Waals surface area contributed by atoms with Crippen LogP contribution in [0.15, 0.2) is 22.3 Å². The Kier molecular flexibility index (Phi) is 6.53. The predicted molar refractivity (Wildman–Crippen MR) is 151 cm³/mol. The van der Waals surface area contributed by atoms with Crippen LogP contribution in [0.5, 0.6) is 0 Å². The van der Waals surface area contributed by atoms with Crippen molar-refractivity contribution in [3.05, 3.63) is 28.2 Å². The topological polar surface area (TPSA) is 0 Å². The van der Waals surface area contributed by atoms with Gasteiger partial charge in [0.05, 0.1) is 0 Å². The first-order valence-electron chi connectivity index (χ1n) is 14.6. The van der Waals surface area contributed by atoms with E-state index in [-0.39, 0.29) is 16.8 Å². The predicted octanol–water partition coefficient (Wildman–Crippen LogP) is 9.85. The van der Waals surface area contributed by atoms with Crippen molar-refractivity contribution >= 4 is 26.5 Å². The minimum atomic E-state index is 0. The molecule has 0 aromatic rings. The molecular formula is C32H45CoP2. The molecule has 0 unspecified atom stereocenters. The van der Waals surface area contributed by atoms with Crippen LogP contribution in [0.4, 0.5) is 0 Å². The second-order valence-corrected chi connectivity index (χ2v) is 17.3. The zero-order chi connectivity index (χ0) is 23.4. The molecule has 3 heteroatoms. The Morgan fingerprint density at radius 3 is 0.914 bits per heavy atom. The Balaban J connectivity index is 0.000000179. The van der Waals surface area contributed by atoms with Crippen molar-refractivity contribution in [1.29, 1.82) is 0 Å². The third-order valence-corrected chi connectivity index (χ3v) is 16.2. The summed E-state index contributed by atoms with van der Waals surface area (Å²) in [4.78, 5) is 0. The molecule has 0 nitrogen and oxygen atoms in total. The second kappa shape index (κ2) is 8.93. The van der Waals surface area contributed by atoms with Crippen molar-refractivity contribution in [1.82, 2.24) is 0 Å². The molecular weight excluding hydrogens is 505 g/mol. The van der Waals surface area contributed by atoms with E-state index >= 15 is 0 Å². The van der Waals surface area contributed by atoms with Gasteiger partial charge in [-0.3, -0.25) is 0 Å². The van der Waals surface area contributed by atoms with E-state index in [1.165, 1.54) is 28.2 Å². The van der Waals surface area contributed by atoms with Gasteiger partial charge in [0.2, 0.25) is 0 Å². The molecule has 0 N–H and O–H groups in total. The van der Waals surface area contributed by atoms with Gasteiger partial charge in [-0.25, -0.2) is 0 Å². The maximum atomic E-state index is 2.20. The Morgan fingerprint density at radius 1 is 0.457 bits per heavy atom. The average molecular weight is 551 g/mol. The van der Waals surface area contributed by atoms with E-state index in [0.717, 1.165) is 46.3 Å². The van der Waals surface area contributed by atoms with Gasteiger partial charge in [0.25, 0.3) is 0 Å². The largest absolute Gasteiger partial charge is 0.0589 e. The van der Waals surface area contributed by atoms with Crippen molar-refractivity contribution in [2.45, 2.75) is 112 Å². The van der Waals surface area contributed by atoms with Gasteiger partial charge in [-0.2, -0.15) is 0 Å². The minimum Gasteiger partial charge on any atom is -0.0589 e. The average Bonchev–Trinajstić information content (AvgIpc) is 2.88. The van der Waals surface area contributed by atoms with Crippen molar-refractivity contribution in [3.63, 3.8) is 0 Å². The van der Waals surface area contributed by atoms with E-state index in [4.69, 9.17) is 0 Å². The van der Waals surface area contributed by atoms with E-state index in [1.54, 1.807) is 93.5 Å². The first kappa shape index (κ1) is 25.6. The van der Waals surface area contributed by atoms with E-state index in [1.807, 2.05) is 10.1 Å². The van der Waals surface area contributed by atoms with Crippen molar-refractivity contribution in [2.75, 3.05) is 0 Å². The summed E-state index contributed by atoms with van der Waals surface area (Å²) in [6.07, 6.45) is 19.2. The van der Waals surface area contributed by atoms with Crippen LogP contribution in [-0.4, -0.2) is 10.1 Å². The van der Waals surface area contributed by atoms with Crippen molar-refractivity contribution in [3.8, 4) is 0 Å². The third kappa shape index (κ3) is 4.03. The van der Waals surface area contributed by atoms with Crippen molar-refractivity contribution < 1.29 is 16.8 Å². The number of hydrogen-bond donors (Lipinski definition) is 0. The van der Waals surface area contributed by atoms with Crippen LogP contribution in [0.25, 0.3) is 0 Å². The maximum Gasteiger partial charge on any atom is 0.0226 e. The molecule has 8 saturated carbocycles. The first-order chi connectivity index (χ1) is 16.2. The van der Waals surface area contributed by atoms with Gasteiger partial charge in [0, 0.05) is 43.6 Å². The Hall–Kier alpha value is 0.326. The van der Waals surface area contributed by atoms with Gasteiger partial charge in [0.1, 0.15) is 0 Å². The fourth-order valence-corrected chi connectivity index (χ4v) is 14.2. The number of allylic oxidation sites excluding steroid dienone is 4. The summed E-state index contributed by atoms with van der Waals surface area (Å²) >= 11 is 0. The van der Waals surface area contributed by atoms with Crippen LogP contribution >= 0.6 is 16.4 Å². The summed E-state index contributed by atoms with van der Waals surface area (Å²) in [6.45, 7) is 11.0. The Labute approximate surface area is 228 Å². The van der Waals surface area contributed by atoms with Gasteiger partial charge in [-0.1, -0.05) is 34.5 Å². The molecule has 0 atom stereocenters. The molecule has 9 aliphatic carbocycles. The summed E-state index contributed by atoms with van der Waals surface area (Å²) in [5.41, 5.74) is 7.35. The maximum absolute atomic E-state index is 2.20. The first-order valence-corrected chi connectivity index (χ1v) is 16.4. The third-order valence-electron chi connectivity index (χ3n) is 12.3. The standard InChI is InChI=1S/C22H30P2.C10H15.Co/c1-13-2-15-3-14(1)8-21(7-13,9-15)19-23-20(24-19)22-10-16-4-17(11-22)6-18(5-16)12-22;1-6-7(2)9(4)10(5)8(6)3;/h13-18H,1-12H2;1-5H3;. The van der Waals surface area contributed by atoms with Crippen LogP contribution < -0.4 is 0 Å². The molecule has 192 valence electrons. The molecule has 1 aliphatic heterocycles. The zero-order valence-electron chi connectivity index (χ0n) is 22.7. The van der Waals surface area contributed by atoms with Crippen LogP contribution in [0, 0.1) is 52.3 Å². The fraction of sp³-hybridized carbons (Fsp3) is 0.781. The summed E-state index contributed by atoms with van der Waals surface area (Å²) in [7, 11) is 3.58. The van der Waals surface area contributed by atoms with Gasteiger partial charge < -0.3 is 0 Å². The van der Waals surface area contributed by atoms with Crippen LogP contribution in [0.2, 0.25) is 0 Å². The van der Waals surface area contributed by atoms with Crippen LogP contribution in [0.1, 0.15) is 112 Å². The van der Waals surface area contributed by atoms with Gasteiger partial charge in [0.15, 0.2) is 0 Å². The summed E-state index contributed by atoms with van der Waals surface area (Å²) in [6, 6.07) is 0. The molecule has 8 bridgehead atoms. The van der Waals surface area contributed by atoms with E-state index in [2.05, 4.69) is 34.6 Å². The summed E-state index contributed by atoms with van der Waals surface area (Å²) in [5, 5.41) is 4.04. The molecule has 35 heavy (non-hydrogen) atoms.